The highest BCUT2D eigenvalue weighted by Crippen LogP contribution is 2.37. The first-order chi connectivity index (χ1) is 10.3. The fourth-order valence-corrected chi connectivity index (χ4v) is 3.19. The molecule has 1 saturated carbocycles. The maximum Gasteiger partial charge on any atom is 0.203 e. The van der Waals surface area contributed by atoms with E-state index in [0.29, 0.717) is 24.3 Å². The summed E-state index contributed by atoms with van der Waals surface area (Å²) >= 11 is 0. The van der Waals surface area contributed by atoms with Crippen molar-refractivity contribution in [3.63, 3.8) is 0 Å². The van der Waals surface area contributed by atoms with Gasteiger partial charge in [-0.05, 0) is 43.9 Å². The van der Waals surface area contributed by atoms with Gasteiger partial charge in [0.1, 0.15) is 0 Å². The van der Waals surface area contributed by atoms with Gasteiger partial charge in [0.05, 0.1) is 20.8 Å². The highest BCUT2D eigenvalue weighted by atomic mass is 16.5. The van der Waals surface area contributed by atoms with Crippen LogP contribution in [0.1, 0.15) is 32.6 Å². The maximum absolute atomic E-state index is 5.96. The average Bonchev–Trinajstić information content (AvgIpc) is 2.95. The summed E-state index contributed by atoms with van der Waals surface area (Å²) in [6.07, 6.45) is 4.97. The van der Waals surface area contributed by atoms with Gasteiger partial charge in [0.25, 0.3) is 0 Å². The third kappa shape index (κ3) is 4.03. The Labute approximate surface area is 127 Å². The van der Waals surface area contributed by atoms with Crippen molar-refractivity contribution in [2.24, 2.45) is 5.92 Å². The lowest BCUT2D eigenvalue weighted by Crippen LogP contribution is -2.32. The molecule has 0 aliphatic heterocycles. The number of para-hydroxylation sites is 1. The summed E-state index contributed by atoms with van der Waals surface area (Å²) in [4.78, 5) is 0. The largest absolute Gasteiger partial charge is 0.493 e. The Morgan fingerprint density at radius 3 is 2.48 bits per heavy atom. The molecule has 0 heterocycles. The summed E-state index contributed by atoms with van der Waals surface area (Å²) < 4.78 is 16.7. The van der Waals surface area contributed by atoms with Crippen LogP contribution in [0.4, 0.5) is 0 Å². The van der Waals surface area contributed by atoms with Gasteiger partial charge in [0, 0.05) is 6.04 Å². The van der Waals surface area contributed by atoms with E-state index in [2.05, 4.69) is 12.2 Å². The van der Waals surface area contributed by atoms with Crippen LogP contribution >= 0.6 is 0 Å². The first kappa shape index (κ1) is 16.0. The summed E-state index contributed by atoms with van der Waals surface area (Å²) in [6.45, 7) is 3.91. The first-order valence-electron chi connectivity index (χ1n) is 7.87. The molecule has 1 fully saturated rings. The molecule has 0 amide bonds. The zero-order valence-corrected chi connectivity index (χ0v) is 13.4. The highest BCUT2D eigenvalue weighted by Gasteiger charge is 2.26. The highest BCUT2D eigenvalue weighted by molar-refractivity contribution is 5.51. The van der Waals surface area contributed by atoms with E-state index < -0.39 is 0 Å². The molecule has 0 saturated heterocycles. The molecular weight excluding hydrogens is 266 g/mol. The number of hydrogen-bond acceptors (Lipinski definition) is 4. The standard InChI is InChI=1S/C17H27NO3/c1-4-18-14-8-5-7-13(14)11-12-21-17-15(19-2)9-6-10-16(17)20-3/h6,9-10,13-14,18H,4-5,7-8,11-12H2,1-3H3. The molecule has 4 heteroatoms. The molecule has 4 nitrogen and oxygen atoms in total. The molecule has 1 aliphatic carbocycles. The number of benzene rings is 1. The van der Waals surface area contributed by atoms with Gasteiger partial charge in [-0.2, -0.15) is 0 Å². The minimum Gasteiger partial charge on any atom is -0.493 e. The molecule has 2 unspecified atom stereocenters. The summed E-state index contributed by atoms with van der Waals surface area (Å²) in [5.74, 6) is 2.87. The first-order valence-corrected chi connectivity index (χ1v) is 7.87. The second-order valence-corrected chi connectivity index (χ2v) is 5.48. The molecule has 21 heavy (non-hydrogen) atoms. The van der Waals surface area contributed by atoms with E-state index in [1.165, 1.54) is 19.3 Å². The van der Waals surface area contributed by atoms with E-state index >= 15 is 0 Å². The van der Waals surface area contributed by atoms with Crippen LogP contribution in [-0.2, 0) is 0 Å². The molecule has 1 N–H and O–H groups in total. The van der Waals surface area contributed by atoms with Crippen LogP contribution < -0.4 is 19.5 Å². The number of rotatable bonds is 8. The molecule has 118 valence electrons. The summed E-state index contributed by atoms with van der Waals surface area (Å²) in [6, 6.07) is 6.35. The van der Waals surface area contributed by atoms with Gasteiger partial charge in [0.2, 0.25) is 5.75 Å². The topological polar surface area (TPSA) is 39.7 Å². The van der Waals surface area contributed by atoms with Crippen LogP contribution in [0.2, 0.25) is 0 Å². The minimum absolute atomic E-state index is 0.651. The Morgan fingerprint density at radius 2 is 1.86 bits per heavy atom. The van der Waals surface area contributed by atoms with Gasteiger partial charge >= 0.3 is 0 Å². The molecule has 0 radical (unpaired) electrons. The lowest BCUT2D eigenvalue weighted by atomic mass is 10.00. The summed E-state index contributed by atoms with van der Waals surface area (Å²) in [5, 5.41) is 3.58. The monoisotopic (exact) mass is 293 g/mol. The molecule has 1 aliphatic rings. The molecular formula is C17H27NO3. The van der Waals surface area contributed by atoms with Crippen LogP contribution in [0, 0.1) is 5.92 Å². The third-order valence-electron chi connectivity index (χ3n) is 4.24. The van der Waals surface area contributed by atoms with Gasteiger partial charge in [0.15, 0.2) is 11.5 Å². The van der Waals surface area contributed by atoms with E-state index in [1.807, 2.05) is 18.2 Å². The third-order valence-corrected chi connectivity index (χ3v) is 4.24. The van der Waals surface area contributed by atoms with E-state index in [9.17, 15) is 0 Å². The number of nitrogens with one attached hydrogen (secondary N) is 1. The van der Waals surface area contributed by atoms with E-state index in [-0.39, 0.29) is 0 Å². The molecule has 0 bridgehead atoms. The van der Waals surface area contributed by atoms with Crippen molar-refractivity contribution >= 4 is 0 Å². The van der Waals surface area contributed by atoms with E-state index in [0.717, 1.165) is 24.5 Å². The zero-order valence-electron chi connectivity index (χ0n) is 13.4. The van der Waals surface area contributed by atoms with Crippen LogP contribution in [0.25, 0.3) is 0 Å². The molecule has 0 aromatic heterocycles. The van der Waals surface area contributed by atoms with Crippen molar-refractivity contribution in [1.29, 1.82) is 0 Å². The van der Waals surface area contributed by atoms with Crippen LogP contribution in [0.3, 0.4) is 0 Å². The molecule has 2 atom stereocenters. The van der Waals surface area contributed by atoms with Gasteiger partial charge in [-0.3, -0.25) is 0 Å². The number of ether oxygens (including phenoxy) is 3. The van der Waals surface area contributed by atoms with Crippen molar-refractivity contribution in [3.05, 3.63) is 18.2 Å². The Morgan fingerprint density at radius 1 is 1.14 bits per heavy atom. The van der Waals surface area contributed by atoms with Gasteiger partial charge in [-0.25, -0.2) is 0 Å². The fraction of sp³-hybridized carbons (Fsp3) is 0.647. The van der Waals surface area contributed by atoms with Crippen molar-refractivity contribution in [2.45, 2.75) is 38.6 Å². The lowest BCUT2D eigenvalue weighted by Gasteiger charge is -2.21. The van der Waals surface area contributed by atoms with Crippen LogP contribution in [0.5, 0.6) is 17.2 Å². The van der Waals surface area contributed by atoms with E-state index in [4.69, 9.17) is 14.2 Å². The summed E-state index contributed by atoms with van der Waals surface area (Å²) in [7, 11) is 3.31. The number of methoxy groups -OCH3 is 2. The Kier molecular flexibility index (Phi) is 6.18. The second kappa shape index (κ2) is 8.13. The Balaban J connectivity index is 1.91. The van der Waals surface area contributed by atoms with Crippen molar-refractivity contribution in [3.8, 4) is 17.2 Å². The van der Waals surface area contributed by atoms with Crippen molar-refractivity contribution in [1.82, 2.24) is 5.32 Å². The van der Waals surface area contributed by atoms with Crippen molar-refractivity contribution in [2.75, 3.05) is 27.4 Å². The quantitative estimate of drug-likeness (QED) is 0.798. The normalized spacial score (nSPS) is 21.3. The van der Waals surface area contributed by atoms with E-state index in [1.54, 1.807) is 14.2 Å². The predicted octanol–water partition coefficient (Wildman–Crippen LogP) is 3.25. The summed E-state index contributed by atoms with van der Waals surface area (Å²) in [5.41, 5.74) is 0. The Hall–Kier alpha value is -1.42. The lowest BCUT2D eigenvalue weighted by molar-refractivity contribution is 0.240. The van der Waals surface area contributed by atoms with Crippen LogP contribution in [-0.4, -0.2) is 33.4 Å². The zero-order chi connectivity index (χ0) is 15.1. The van der Waals surface area contributed by atoms with Crippen molar-refractivity contribution < 1.29 is 14.2 Å². The van der Waals surface area contributed by atoms with Gasteiger partial charge in [-0.15, -0.1) is 0 Å². The average molecular weight is 293 g/mol. The predicted molar refractivity (Wildman–Crippen MR) is 84.5 cm³/mol. The second-order valence-electron chi connectivity index (χ2n) is 5.48. The maximum atomic E-state index is 5.96. The smallest absolute Gasteiger partial charge is 0.203 e. The molecule has 2 rings (SSSR count). The molecule has 1 aromatic carbocycles. The SMILES string of the molecule is CCNC1CCCC1CCOc1c(OC)cccc1OC. The molecule has 0 spiro atoms. The van der Waals surface area contributed by atoms with Gasteiger partial charge in [-0.1, -0.05) is 19.4 Å². The minimum atomic E-state index is 0.651. The van der Waals surface area contributed by atoms with Crippen LogP contribution in [0.15, 0.2) is 18.2 Å². The van der Waals surface area contributed by atoms with Gasteiger partial charge < -0.3 is 19.5 Å². The fourth-order valence-electron chi connectivity index (χ4n) is 3.19. The number of hydrogen-bond donors (Lipinski definition) is 1. The molecule has 1 aromatic rings. The Bertz CT molecular complexity index is 414.